The van der Waals surface area contributed by atoms with Crippen LogP contribution in [0.3, 0.4) is 0 Å². The van der Waals surface area contributed by atoms with Crippen LogP contribution in [0.15, 0.2) is 0 Å². The Morgan fingerprint density at radius 3 is 2.27 bits per heavy atom. The fourth-order valence-corrected chi connectivity index (χ4v) is 0.530. The smallest absolute Gasteiger partial charge is 0.122 e. The number of carbonyl (C=O) groups is 1. The molecule has 5 nitrogen and oxygen atoms in total. The van der Waals surface area contributed by atoms with Crippen molar-refractivity contribution >= 4 is 6.29 Å². The largest absolute Gasteiger partial charge is 0.394 e. The van der Waals surface area contributed by atoms with E-state index < -0.39 is 31.3 Å². The third kappa shape index (κ3) is 3.43. The number of carbonyl (C=O) groups excluding carboxylic acids is 1. The third-order valence-electron chi connectivity index (χ3n) is 1.21. The van der Waals surface area contributed by atoms with E-state index in [1.807, 2.05) is 0 Å². The van der Waals surface area contributed by atoms with E-state index in [1.54, 1.807) is 0 Å². The van der Waals surface area contributed by atoms with Crippen molar-refractivity contribution in [1.82, 2.24) is 0 Å². The van der Waals surface area contributed by atoms with Gasteiger partial charge >= 0.3 is 0 Å². The summed E-state index contributed by atoms with van der Waals surface area (Å²) in [6.07, 6.45) is -6.26. The molecule has 4 atom stereocenters. The molecule has 0 aliphatic heterocycles. The number of hydrogen-bond donors (Lipinski definition) is 4. The summed E-state index contributed by atoms with van der Waals surface area (Å²) in [5.74, 6) is 0. The maximum atomic E-state index is 9.96. The summed E-state index contributed by atoms with van der Waals surface area (Å²) in [4.78, 5) is 9.96. The molecule has 0 aromatic heterocycles. The Balaban J connectivity index is 4.07. The highest BCUT2D eigenvalue weighted by atomic mass is 16.4. The van der Waals surface area contributed by atoms with Gasteiger partial charge in [0.2, 0.25) is 0 Å². The molecule has 0 amide bonds. The first kappa shape index (κ1) is 8.61. The van der Waals surface area contributed by atoms with Crippen LogP contribution in [-0.4, -0.2) is 51.6 Å². The van der Waals surface area contributed by atoms with Crippen LogP contribution in [0.2, 0.25) is 0 Å². The second-order valence-corrected chi connectivity index (χ2v) is 2.06. The normalized spacial score (nSPS) is 23.1. The highest BCUT2D eigenvalue weighted by Gasteiger charge is 2.23. The second-order valence-electron chi connectivity index (χ2n) is 2.06. The van der Waals surface area contributed by atoms with Crippen molar-refractivity contribution in [3.63, 3.8) is 0 Å². The highest BCUT2D eigenvalue weighted by molar-refractivity contribution is 5.50. The first-order chi connectivity index (χ1) is 5.54. The van der Waals surface area contributed by atoms with Crippen LogP contribution in [0.1, 0.15) is 7.77 Å². The molecule has 0 heterocycles. The summed E-state index contributed by atoms with van der Waals surface area (Å²) in [7, 11) is 0. The van der Waals surface area contributed by atoms with Gasteiger partial charge < -0.3 is 25.2 Å². The molecule has 0 aromatic rings. The van der Waals surface area contributed by atoms with Crippen LogP contribution in [0.4, 0.5) is 0 Å². The first-order valence-electron chi connectivity index (χ1n) is 3.65. The quantitative estimate of drug-likeness (QED) is 0.343. The molecule has 0 spiro atoms. The lowest BCUT2D eigenvalue weighted by molar-refractivity contribution is -0.115. The van der Waals surface area contributed by atoms with Gasteiger partial charge in [0.15, 0.2) is 0 Å². The van der Waals surface area contributed by atoms with E-state index >= 15 is 0 Å². The lowest BCUT2D eigenvalue weighted by Gasteiger charge is -2.19. The Morgan fingerprint density at radius 2 is 1.91 bits per heavy atom. The summed E-state index contributed by atoms with van der Waals surface area (Å²) < 4.78 is 6.85. The molecule has 0 rings (SSSR count). The molecular weight excluding hydrogens is 152 g/mol. The minimum absolute atomic E-state index is 0.137. The molecular formula is C6H12O5. The lowest BCUT2D eigenvalue weighted by Crippen LogP contribution is -2.39. The maximum absolute atomic E-state index is 9.96. The van der Waals surface area contributed by atoms with Crippen LogP contribution in [-0.2, 0) is 4.79 Å². The molecule has 4 N–H and O–H groups in total. The zero-order valence-corrected chi connectivity index (χ0v) is 5.79. The molecule has 4 unspecified atom stereocenters. The predicted molar refractivity (Wildman–Crippen MR) is 35.8 cm³/mol. The van der Waals surface area contributed by atoms with Crippen molar-refractivity contribution < 1.29 is 26.6 Å². The predicted octanol–water partition coefficient (Wildman–Crippen LogP) is -2.35. The molecule has 0 aromatic carbocycles. The maximum Gasteiger partial charge on any atom is 0.122 e. The summed E-state index contributed by atoms with van der Waals surface area (Å²) >= 11 is 0. The van der Waals surface area contributed by atoms with E-state index in [2.05, 4.69) is 0 Å². The third-order valence-corrected chi connectivity index (χ3v) is 1.21. The molecule has 11 heavy (non-hydrogen) atoms. The minimum atomic E-state index is -1.68. The molecule has 0 fully saturated rings. The van der Waals surface area contributed by atoms with E-state index in [0.717, 1.165) is 0 Å². The molecule has 0 aliphatic rings. The Bertz CT molecular complexity index is 142. The Morgan fingerprint density at radius 1 is 1.36 bits per heavy atom. The van der Waals surface area contributed by atoms with Crippen molar-refractivity contribution in [2.24, 2.45) is 0 Å². The molecule has 0 saturated carbocycles. The van der Waals surface area contributed by atoms with Gasteiger partial charge in [-0.1, -0.05) is 0 Å². The fourth-order valence-electron chi connectivity index (χ4n) is 0.530. The van der Waals surface area contributed by atoms with Gasteiger partial charge in [-0.05, 0) is 0 Å². The average molecular weight is 166 g/mol. The van der Waals surface area contributed by atoms with Crippen LogP contribution in [0.5, 0.6) is 0 Å². The molecule has 5 heteroatoms. The molecule has 0 aliphatic carbocycles. The summed E-state index contributed by atoms with van der Waals surface area (Å²) in [6.45, 7) is -0.732. The second kappa shape index (κ2) is 5.20. The van der Waals surface area contributed by atoms with Gasteiger partial charge in [0.1, 0.15) is 18.5 Å². The number of aliphatic hydroxyl groups is 4. The Hall–Kier alpha value is -0.490. The number of rotatable bonds is 5. The standard InChI is InChI=1S/C6H12O5/c7-2-1-4(9)6(11)5(10)3-8/h2,4-6,8-11H,1,3H2/i1T. The summed E-state index contributed by atoms with van der Waals surface area (Å²) in [5, 5.41) is 35.0. The first-order valence-corrected chi connectivity index (χ1v) is 3.07. The molecule has 0 saturated heterocycles. The van der Waals surface area contributed by atoms with Gasteiger partial charge in [0.05, 0.1) is 12.7 Å². The monoisotopic (exact) mass is 166 g/mol. The number of aliphatic hydroxyl groups excluding tert-OH is 4. The lowest BCUT2D eigenvalue weighted by atomic mass is 10.1. The van der Waals surface area contributed by atoms with Gasteiger partial charge in [-0.25, -0.2) is 0 Å². The average Bonchev–Trinajstić information content (AvgIpc) is 2.12. The van der Waals surface area contributed by atoms with Crippen LogP contribution in [0, 0.1) is 0 Å². The van der Waals surface area contributed by atoms with E-state index in [0.29, 0.717) is 0 Å². The zero-order valence-electron chi connectivity index (χ0n) is 6.79. The Kier molecular flexibility index (Phi) is 4.07. The van der Waals surface area contributed by atoms with E-state index in [4.69, 9.17) is 21.8 Å². The Labute approximate surface area is 65.3 Å². The summed E-state index contributed by atoms with van der Waals surface area (Å²) in [6, 6.07) is 0. The van der Waals surface area contributed by atoms with E-state index in [9.17, 15) is 4.79 Å². The van der Waals surface area contributed by atoms with Crippen molar-refractivity contribution in [2.75, 3.05) is 6.61 Å². The van der Waals surface area contributed by atoms with Gasteiger partial charge in [0.25, 0.3) is 0 Å². The van der Waals surface area contributed by atoms with Crippen LogP contribution in [0.25, 0.3) is 0 Å². The van der Waals surface area contributed by atoms with E-state index in [1.165, 1.54) is 0 Å². The summed E-state index contributed by atoms with van der Waals surface area (Å²) in [5.41, 5.74) is 0. The van der Waals surface area contributed by atoms with Crippen molar-refractivity contribution in [3.8, 4) is 0 Å². The van der Waals surface area contributed by atoms with Gasteiger partial charge in [0, 0.05) is 7.77 Å². The topological polar surface area (TPSA) is 98.0 Å². The minimum Gasteiger partial charge on any atom is -0.394 e. The van der Waals surface area contributed by atoms with Gasteiger partial charge in [-0.2, -0.15) is 0 Å². The number of aldehydes is 1. The molecule has 0 radical (unpaired) electrons. The van der Waals surface area contributed by atoms with Crippen LogP contribution < -0.4 is 0 Å². The van der Waals surface area contributed by atoms with Crippen LogP contribution >= 0.6 is 0 Å². The van der Waals surface area contributed by atoms with Gasteiger partial charge in [-0.15, -0.1) is 0 Å². The highest BCUT2D eigenvalue weighted by Crippen LogP contribution is 2.01. The SMILES string of the molecule is [3H]C(C=O)C(O)C(O)C(O)CO. The molecule has 0 bridgehead atoms. The number of hydrogen-bond acceptors (Lipinski definition) is 5. The van der Waals surface area contributed by atoms with Gasteiger partial charge in [-0.3, -0.25) is 0 Å². The van der Waals surface area contributed by atoms with Crippen molar-refractivity contribution in [3.05, 3.63) is 0 Å². The van der Waals surface area contributed by atoms with Crippen molar-refractivity contribution in [2.45, 2.75) is 24.7 Å². The zero-order chi connectivity index (χ0) is 9.72. The fraction of sp³-hybridized carbons (Fsp3) is 0.833. The van der Waals surface area contributed by atoms with Crippen molar-refractivity contribution in [1.29, 1.82) is 0 Å². The van der Waals surface area contributed by atoms with E-state index in [-0.39, 0.29) is 6.29 Å². The molecule has 66 valence electrons.